The molecule has 1 amide bonds. The maximum atomic E-state index is 12.6. The molecule has 5 aromatic rings. The molecule has 0 unspecified atom stereocenters. The second kappa shape index (κ2) is 10.4. The number of rotatable bonds is 8. The Labute approximate surface area is 207 Å². The lowest BCUT2D eigenvalue weighted by Gasteiger charge is -2.06. The molecule has 8 heteroatoms. The largest absolute Gasteiger partial charge is 0.440 e. The summed E-state index contributed by atoms with van der Waals surface area (Å²) in [5.41, 5.74) is 3.45. The van der Waals surface area contributed by atoms with Gasteiger partial charge in [0, 0.05) is 41.6 Å². The van der Waals surface area contributed by atoms with E-state index in [2.05, 4.69) is 15.5 Å². The minimum Gasteiger partial charge on any atom is -0.440 e. The van der Waals surface area contributed by atoms with Crippen molar-refractivity contribution in [2.75, 3.05) is 5.32 Å². The molecule has 0 aliphatic heterocycles. The molecule has 5 rings (SSSR count). The standard InChI is InChI=1S/C27H23N5O2S/c1-32-18-28-31-27(32)35-22-14-12-21(13-15-22)29-23(33)16-17-24-30-25(19-8-4-2-5-9-19)26(34-24)20-10-6-3-7-11-20/h2-15,18H,16-17H2,1H3,(H,29,33). The van der Waals surface area contributed by atoms with Crippen molar-refractivity contribution in [2.45, 2.75) is 22.9 Å². The van der Waals surface area contributed by atoms with Crippen LogP contribution in [0.2, 0.25) is 0 Å². The number of anilines is 1. The van der Waals surface area contributed by atoms with Crippen LogP contribution in [0.1, 0.15) is 12.3 Å². The molecule has 0 atom stereocenters. The van der Waals surface area contributed by atoms with Crippen LogP contribution in [-0.2, 0) is 18.3 Å². The van der Waals surface area contributed by atoms with Gasteiger partial charge < -0.3 is 14.3 Å². The number of benzene rings is 3. The zero-order valence-corrected chi connectivity index (χ0v) is 19.9. The highest BCUT2D eigenvalue weighted by molar-refractivity contribution is 7.99. The van der Waals surface area contributed by atoms with Gasteiger partial charge in [-0.1, -0.05) is 60.7 Å². The van der Waals surface area contributed by atoms with Crippen molar-refractivity contribution in [3.63, 3.8) is 0 Å². The first kappa shape index (κ1) is 22.6. The third kappa shape index (κ3) is 5.50. The lowest BCUT2D eigenvalue weighted by molar-refractivity contribution is -0.116. The lowest BCUT2D eigenvalue weighted by atomic mass is 10.1. The molecule has 35 heavy (non-hydrogen) atoms. The Balaban J connectivity index is 1.24. The smallest absolute Gasteiger partial charge is 0.224 e. The Morgan fingerprint density at radius 2 is 1.63 bits per heavy atom. The summed E-state index contributed by atoms with van der Waals surface area (Å²) in [5, 5.41) is 11.7. The van der Waals surface area contributed by atoms with Gasteiger partial charge in [0.05, 0.1) is 0 Å². The summed E-state index contributed by atoms with van der Waals surface area (Å²) in [5.74, 6) is 1.15. The van der Waals surface area contributed by atoms with Crippen LogP contribution in [0.25, 0.3) is 22.6 Å². The number of hydrogen-bond donors (Lipinski definition) is 1. The fraction of sp³-hybridized carbons (Fsp3) is 0.111. The first-order chi connectivity index (χ1) is 17.2. The van der Waals surface area contributed by atoms with Gasteiger partial charge in [0.15, 0.2) is 16.8 Å². The van der Waals surface area contributed by atoms with Crippen molar-refractivity contribution < 1.29 is 9.21 Å². The van der Waals surface area contributed by atoms with Crippen LogP contribution in [0.3, 0.4) is 0 Å². The van der Waals surface area contributed by atoms with E-state index >= 15 is 0 Å². The van der Waals surface area contributed by atoms with E-state index in [-0.39, 0.29) is 12.3 Å². The SMILES string of the molecule is Cn1cnnc1Sc1ccc(NC(=O)CCc2nc(-c3ccccc3)c(-c3ccccc3)o2)cc1. The van der Waals surface area contributed by atoms with E-state index in [1.807, 2.05) is 96.5 Å². The van der Waals surface area contributed by atoms with Crippen molar-refractivity contribution in [3.05, 3.63) is 97.1 Å². The Hall–Kier alpha value is -4.17. The van der Waals surface area contributed by atoms with Crippen molar-refractivity contribution in [3.8, 4) is 22.6 Å². The highest BCUT2D eigenvalue weighted by Gasteiger charge is 2.17. The van der Waals surface area contributed by atoms with Crippen LogP contribution in [0.15, 0.2) is 106 Å². The number of aryl methyl sites for hydroxylation is 2. The van der Waals surface area contributed by atoms with Gasteiger partial charge in [-0.05, 0) is 36.0 Å². The number of amides is 1. The molecule has 174 valence electrons. The van der Waals surface area contributed by atoms with Crippen molar-refractivity contribution in [2.24, 2.45) is 7.05 Å². The number of oxazole rings is 1. The molecule has 7 nitrogen and oxygen atoms in total. The molecule has 1 N–H and O–H groups in total. The van der Waals surface area contributed by atoms with E-state index in [0.29, 0.717) is 18.1 Å². The zero-order valence-electron chi connectivity index (χ0n) is 19.1. The summed E-state index contributed by atoms with van der Waals surface area (Å²) in [6, 6.07) is 27.5. The van der Waals surface area contributed by atoms with Gasteiger partial charge in [0.2, 0.25) is 5.91 Å². The van der Waals surface area contributed by atoms with Crippen molar-refractivity contribution >= 4 is 23.4 Å². The fourth-order valence-electron chi connectivity index (χ4n) is 3.57. The zero-order chi connectivity index (χ0) is 24.0. The van der Waals surface area contributed by atoms with E-state index in [1.165, 1.54) is 11.8 Å². The van der Waals surface area contributed by atoms with E-state index < -0.39 is 0 Å². The molecule has 0 saturated heterocycles. The first-order valence-corrected chi connectivity index (χ1v) is 12.0. The van der Waals surface area contributed by atoms with Gasteiger partial charge in [-0.15, -0.1) is 10.2 Å². The average molecular weight is 482 g/mol. The molecular formula is C27H23N5O2S. The summed E-state index contributed by atoms with van der Waals surface area (Å²) in [7, 11) is 1.90. The maximum absolute atomic E-state index is 12.6. The molecule has 0 aliphatic rings. The van der Waals surface area contributed by atoms with Crippen LogP contribution in [-0.4, -0.2) is 25.7 Å². The molecule has 0 aliphatic carbocycles. The molecule has 3 aromatic carbocycles. The van der Waals surface area contributed by atoms with Crippen molar-refractivity contribution in [1.29, 1.82) is 0 Å². The monoisotopic (exact) mass is 481 g/mol. The predicted molar refractivity (Wildman–Crippen MR) is 136 cm³/mol. The van der Waals surface area contributed by atoms with Gasteiger partial charge in [-0.3, -0.25) is 4.79 Å². The molecule has 2 heterocycles. The number of nitrogens with one attached hydrogen (secondary N) is 1. The summed E-state index contributed by atoms with van der Waals surface area (Å²) in [6.07, 6.45) is 2.33. The van der Waals surface area contributed by atoms with Crippen LogP contribution in [0.5, 0.6) is 0 Å². The Bertz CT molecular complexity index is 1360. The predicted octanol–water partition coefficient (Wildman–Crippen LogP) is 5.86. The lowest BCUT2D eigenvalue weighted by Crippen LogP contribution is -2.12. The highest BCUT2D eigenvalue weighted by atomic mass is 32.2. The summed E-state index contributed by atoms with van der Waals surface area (Å²) in [4.78, 5) is 18.3. The Morgan fingerprint density at radius 1 is 0.943 bits per heavy atom. The second-order valence-corrected chi connectivity index (χ2v) is 8.96. The molecule has 2 aromatic heterocycles. The van der Waals surface area contributed by atoms with Crippen LogP contribution < -0.4 is 5.32 Å². The number of aromatic nitrogens is 4. The van der Waals surface area contributed by atoms with Gasteiger partial charge in [0.25, 0.3) is 0 Å². The van der Waals surface area contributed by atoms with Crippen LogP contribution >= 0.6 is 11.8 Å². The number of carbonyl (C=O) groups excluding carboxylic acids is 1. The molecule has 0 bridgehead atoms. The fourth-order valence-corrected chi connectivity index (χ4v) is 4.33. The topological polar surface area (TPSA) is 85.8 Å². The molecule has 0 fully saturated rings. The molecule has 0 spiro atoms. The van der Waals surface area contributed by atoms with Gasteiger partial charge in [-0.25, -0.2) is 4.98 Å². The van der Waals surface area contributed by atoms with Crippen LogP contribution in [0, 0.1) is 0 Å². The van der Waals surface area contributed by atoms with Crippen molar-refractivity contribution in [1.82, 2.24) is 19.7 Å². The average Bonchev–Trinajstić information content (AvgIpc) is 3.51. The van der Waals surface area contributed by atoms with Crippen LogP contribution in [0.4, 0.5) is 5.69 Å². The van der Waals surface area contributed by atoms with Gasteiger partial charge in [0.1, 0.15) is 12.0 Å². The second-order valence-electron chi connectivity index (χ2n) is 7.92. The van der Waals surface area contributed by atoms with Gasteiger partial charge in [-0.2, -0.15) is 0 Å². The third-order valence-electron chi connectivity index (χ3n) is 5.34. The Kier molecular flexibility index (Phi) is 6.72. The van der Waals surface area contributed by atoms with E-state index in [1.54, 1.807) is 6.33 Å². The van der Waals surface area contributed by atoms with E-state index in [9.17, 15) is 4.79 Å². The van der Waals surface area contributed by atoms with E-state index in [4.69, 9.17) is 9.40 Å². The third-order valence-corrected chi connectivity index (χ3v) is 6.40. The summed E-state index contributed by atoms with van der Waals surface area (Å²) in [6.45, 7) is 0. The minimum absolute atomic E-state index is 0.0978. The quantitative estimate of drug-likeness (QED) is 0.299. The van der Waals surface area contributed by atoms with E-state index in [0.717, 1.165) is 32.6 Å². The highest BCUT2D eigenvalue weighted by Crippen LogP contribution is 2.33. The number of carbonyl (C=O) groups is 1. The number of hydrogen-bond acceptors (Lipinski definition) is 6. The normalized spacial score (nSPS) is 10.9. The molecule has 0 radical (unpaired) electrons. The summed E-state index contributed by atoms with van der Waals surface area (Å²) >= 11 is 1.51. The minimum atomic E-state index is -0.0978. The molecular weight excluding hydrogens is 458 g/mol. The first-order valence-electron chi connectivity index (χ1n) is 11.2. The summed E-state index contributed by atoms with van der Waals surface area (Å²) < 4.78 is 7.98. The molecule has 0 saturated carbocycles. The van der Waals surface area contributed by atoms with Gasteiger partial charge >= 0.3 is 0 Å². The number of nitrogens with zero attached hydrogens (tertiary/aromatic N) is 4. The maximum Gasteiger partial charge on any atom is 0.224 e. The Morgan fingerprint density at radius 3 is 2.29 bits per heavy atom.